The number of hydrogen-bond donors (Lipinski definition) is 2. The number of benzene rings is 1. The molecular formula is C16H26N2O2. The highest BCUT2D eigenvalue weighted by Gasteiger charge is 2.16. The molecule has 1 aliphatic rings. The molecule has 112 valence electrons. The first kappa shape index (κ1) is 15.3. The van der Waals surface area contributed by atoms with Crippen LogP contribution in [0.3, 0.4) is 0 Å². The Morgan fingerprint density at radius 1 is 1.35 bits per heavy atom. The van der Waals surface area contributed by atoms with Gasteiger partial charge in [-0.25, -0.2) is 0 Å². The zero-order chi connectivity index (χ0) is 14.5. The molecule has 4 heteroatoms. The molecule has 0 aromatic heterocycles. The van der Waals surface area contributed by atoms with E-state index in [1.54, 1.807) is 0 Å². The standard InChI is InChI=1S/C16H26N2O2/c1-17(10-11-19)9-7-16(20)14-5-6-15-13(12-14)4-3-8-18(15)2/h5-6,12,16,19-20H,3-4,7-11H2,1-2H3. The summed E-state index contributed by atoms with van der Waals surface area (Å²) in [4.78, 5) is 4.32. The number of aliphatic hydroxyl groups is 2. The highest BCUT2D eigenvalue weighted by molar-refractivity contribution is 5.56. The normalized spacial score (nSPS) is 16.4. The molecule has 1 unspecified atom stereocenters. The second kappa shape index (κ2) is 7.07. The summed E-state index contributed by atoms with van der Waals surface area (Å²) in [6, 6.07) is 6.32. The Labute approximate surface area is 121 Å². The Hall–Kier alpha value is -1.10. The van der Waals surface area contributed by atoms with Crippen molar-refractivity contribution in [2.75, 3.05) is 45.2 Å². The van der Waals surface area contributed by atoms with E-state index < -0.39 is 6.10 Å². The molecule has 1 aliphatic heterocycles. The summed E-state index contributed by atoms with van der Waals surface area (Å²) >= 11 is 0. The first-order valence-corrected chi connectivity index (χ1v) is 7.43. The maximum atomic E-state index is 10.3. The molecule has 4 nitrogen and oxygen atoms in total. The summed E-state index contributed by atoms with van der Waals surface area (Å²) in [5.41, 5.74) is 3.65. The monoisotopic (exact) mass is 278 g/mol. The lowest BCUT2D eigenvalue weighted by atomic mass is 9.96. The third-order valence-electron chi connectivity index (χ3n) is 4.11. The fourth-order valence-corrected chi connectivity index (χ4v) is 2.80. The van der Waals surface area contributed by atoms with Gasteiger partial charge in [-0.15, -0.1) is 0 Å². The van der Waals surface area contributed by atoms with Crippen LogP contribution in [-0.2, 0) is 6.42 Å². The van der Waals surface area contributed by atoms with Gasteiger partial charge in [0.1, 0.15) is 0 Å². The molecule has 1 aromatic rings. The number of anilines is 1. The summed E-state index contributed by atoms with van der Waals surface area (Å²) in [5, 5.41) is 19.2. The summed E-state index contributed by atoms with van der Waals surface area (Å²) in [7, 11) is 4.09. The van der Waals surface area contributed by atoms with Gasteiger partial charge < -0.3 is 20.0 Å². The van der Waals surface area contributed by atoms with Crippen LogP contribution in [-0.4, -0.2) is 55.4 Å². The SMILES string of the molecule is CN(CCO)CCC(O)c1ccc2c(c1)CCCN2C. The summed E-state index contributed by atoms with van der Waals surface area (Å²) in [6.07, 6.45) is 2.56. The van der Waals surface area contributed by atoms with E-state index in [-0.39, 0.29) is 6.61 Å². The summed E-state index contributed by atoms with van der Waals surface area (Å²) in [6.45, 7) is 2.72. The molecule has 0 spiro atoms. The fourth-order valence-electron chi connectivity index (χ4n) is 2.80. The molecule has 1 atom stereocenters. The van der Waals surface area contributed by atoms with E-state index in [0.29, 0.717) is 13.0 Å². The van der Waals surface area contributed by atoms with Crippen LogP contribution >= 0.6 is 0 Å². The number of nitrogens with zero attached hydrogens (tertiary/aromatic N) is 2. The number of aryl methyl sites for hydroxylation is 1. The number of hydrogen-bond acceptors (Lipinski definition) is 4. The van der Waals surface area contributed by atoms with Gasteiger partial charge in [0.2, 0.25) is 0 Å². The minimum Gasteiger partial charge on any atom is -0.395 e. The van der Waals surface area contributed by atoms with Crippen molar-refractivity contribution >= 4 is 5.69 Å². The van der Waals surface area contributed by atoms with Crippen LogP contribution in [0.5, 0.6) is 0 Å². The summed E-state index contributed by atoms with van der Waals surface area (Å²) < 4.78 is 0. The number of likely N-dealkylation sites (N-methyl/N-ethyl adjacent to an activating group) is 1. The average molecular weight is 278 g/mol. The van der Waals surface area contributed by atoms with Gasteiger partial charge >= 0.3 is 0 Å². The van der Waals surface area contributed by atoms with Gasteiger partial charge in [0.05, 0.1) is 12.7 Å². The molecule has 2 N–H and O–H groups in total. The van der Waals surface area contributed by atoms with E-state index in [1.165, 1.54) is 17.7 Å². The Bertz CT molecular complexity index is 436. The van der Waals surface area contributed by atoms with Crippen molar-refractivity contribution in [3.63, 3.8) is 0 Å². The highest BCUT2D eigenvalue weighted by Crippen LogP contribution is 2.29. The van der Waals surface area contributed by atoms with Gasteiger partial charge in [-0.2, -0.15) is 0 Å². The van der Waals surface area contributed by atoms with Gasteiger partial charge in [-0.1, -0.05) is 12.1 Å². The van der Waals surface area contributed by atoms with Crippen molar-refractivity contribution in [2.24, 2.45) is 0 Å². The Kier molecular flexibility index (Phi) is 5.40. The summed E-state index contributed by atoms with van der Waals surface area (Å²) in [5.74, 6) is 0. The van der Waals surface area contributed by atoms with E-state index in [4.69, 9.17) is 5.11 Å². The number of aliphatic hydroxyl groups excluding tert-OH is 2. The first-order valence-electron chi connectivity index (χ1n) is 7.43. The molecule has 0 amide bonds. The second-order valence-corrected chi connectivity index (χ2v) is 5.74. The van der Waals surface area contributed by atoms with Crippen LogP contribution in [0.25, 0.3) is 0 Å². The van der Waals surface area contributed by atoms with Crippen molar-refractivity contribution in [1.82, 2.24) is 4.90 Å². The molecule has 0 aliphatic carbocycles. The third kappa shape index (κ3) is 3.72. The molecule has 0 saturated heterocycles. The lowest BCUT2D eigenvalue weighted by Gasteiger charge is -2.28. The largest absolute Gasteiger partial charge is 0.395 e. The zero-order valence-corrected chi connectivity index (χ0v) is 12.5. The molecule has 0 fully saturated rings. The maximum absolute atomic E-state index is 10.3. The lowest BCUT2D eigenvalue weighted by molar-refractivity contribution is 0.141. The molecule has 20 heavy (non-hydrogen) atoms. The predicted molar refractivity (Wildman–Crippen MR) is 82.2 cm³/mol. The van der Waals surface area contributed by atoms with Crippen LogP contribution in [0, 0.1) is 0 Å². The quantitative estimate of drug-likeness (QED) is 0.826. The molecular weight excluding hydrogens is 252 g/mol. The third-order valence-corrected chi connectivity index (χ3v) is 4.11. The fraction of sp³-hybridized carbons (Fsp3) is 0.625. The molecule has 0 radical (unpaired) electrons. The van der Waals surface area contributed by atoms with Crippen LogP contribution in [0.4, 0.5) is 5.69 Å². The van der Waals surface area contributed by atoms with Gasteiger partial charge in [0.15, 0.2) is 0 Å². The van der Waals surface area contributed by atoms with Gasteiger partial charge in [0, 0.05) is 32.4 Å². The van der Waals surface area contributed by atoms with E-state index >= 15 is 0 Å². The second-order valence-electron chi connectivity index (χ2n) is 5.74. The van der Waals surface area contributed by atoms with E-state index in [1.807, 2.05) is 18.0 Å². The Morgan fingerprint density at radius 2 is 2.15 bits per heavy atom. The molecule has 0 bridgehead atoms. The van der Waals surface area contributed by atoms with Crippen LogP contribution in [0.2, 0.25) is 0 Å². The van der Waals surface area contributed by atoms with Crippen molar-refractivity contribution < 1.29 is 10.2 Å². The zero-order valence-electron chi connectivity index (χ0n) is 12.5. The number of fused-ring (bicyclic) bond motifs is 1. The molecule has 1 heterocycles. The predicted octanol–water partition coefficient (Wildman–Crippen LogP) is 1.42. The van der Waals surface area contributed by atoms with Crippen molar-refractivity contribution in [2.45, 2.75) is 25.4 Å². The Morgan fingerprint density at radius 3 is 2.90 bits per heavy atom. The maximum Gasteiger partial charge on any atom is 0.0802 e. The molecule has 0 saturated carbocycles. The number of rotatable bonds is 6. The van der Waals surface area contributed by atoms with Gasteiger partial charge in [-0.05, 0) is 43.5 Å². The molecule has 2 rings (SSSR count). The van der Waals surface area contributed by atoms with E-state index in [2.05, 4.69) is 24.1 Å². The highest BCUT2D eigenvalue weighted by atomic mass is 16.3. The van der Waals surface area contributed by atoms with E-state index in [9.17, 15) is 5.11 Å². The van der Waals surface area contributed by atoms with Crippen LogP contribution in [0.15, 0.2) is 18.2 Å². The average Bonchev–Trinajstić information content (AvgIpc) is 2.45. The molecule has 1 aromatic carbocycles. The van der Waals surface area contributed by atoms with Crippen molar-refractivity contribution in [3.05, 3.63) is 29.3 Å². The van der Waals surface area contributed by atoms with Gasteiger partial charge in [0.25, 0.3) is 0 Å². The van der Waals surface area contributed by atoms with Crippen LogP contribution in [0.1, 0.15) is 30.1 Å². The van der Waals surface area contributed by atoms with Crippen molar-refractivity contribution in [3.8, 4) is 0 Å². The van der Waals surface area contributed by atoms with E-state index in [0.717, 1.165) is 25.1 Å². The minimum atomic E-state index is -0.423. The Balaban J connectivity index is 1.98. The topological polar surface area (TPSA) is 46.9 Å². The van der Waals surface area contributed by atoms with Gasteiger partial charge in [-0.3, -0.25) is 0 Å². The first-order chi connectivity index (χ1) is 9.61. The smallest absolute Gasteiger partial charge is 0.0802 e. The van der Waals surface area contributed by atoms with Crippen molar-refractivity contribution in [1.29, 1.82) is 0 Å². The lowest BCUT2D eigenvalue weighted by Crippen LogP contribution is -2.25. The minimum absolute atomic E-state index is 0.164. The van der Waals surface area contributed by atoms with Crippen LogP contribution < -0.4 is 4.90 Å².